The second-order valence-corrected chi connectivity index (χ2v) is 8.11. The number of hydrogen-bond donors (Lipinski definition) is 0. The molecule has 0 radical (unpaired) electrons. The average molecular weight is 429 g/mol. The van der Waals surface area contributed by atoms with E-state index < -0.39 is 6.10 Å². The van der Waals surface area contributed by atoms with Gasteiger partial charge in [-0.15, -0.1) is 11.3 Å². The molecule has 3 aromatic carbocycles. The number of para-hydroxylation sites is 2. The summed E-state index contributed by atoms with van der Waals surface area (Å²) in [5.74, 6) is 1.09. The largest absolute Gasteiger partial charge is 0.485 e. The minimum Gasteiger partial charge on any atom is -0.485 e. The molecule has 1 unspecified atom stereocenters. The molecule has 0 saturated carbocycles. The third-order valence-electron chi connectivity index (χ3n) is 5.11. The van der Waals surface area contributed by atoms with Crippen LogP contribution in [0.15, 0.2) is 90.4 Å². The van der Waals surface area contributed by atoms with E-state index in [-0.39, 0.29) is 12.5 Å². The maximum atomic E-state index is 13.5. The van der Waals surface area contributed by atoms with Crippen LogP contribution in [0.4, 0.5) is 5.69 Å². The summed E-state index contributed by atoms with van der Waals surface area (Å²) in [6.07, 6.45) is 1.03. The number of aromatic nitrogens is 1. The van der Waals surface area contributed by atoms with Crippen molar-refractivity contribution in [3.8, 4) is 22.6 Å². The highest BCUT2D eigenvalue weighted by Crippen LogP contribution is 2.32. The molecule has 31 heavy (non-hydrogen) atoms. The van der Waals surface area contributed by atoms with E-state index in [1.807, 2.05) is 72.1 Å². The topological polar surface area (TPSA) is 51.7 Å². The highest BCUT2D eigenvalue weighted by molar-refractivity contribution is 7.09. The molecule has 4 aromatic rings. The van der Waals surface area contributed by atoms with E-state index in [1.165, 1.54) is 11.3 Å². The summed E-state index contributed by atoms with van der Waals surface area (Å²) in [7, 11) is 0. The van der Waals surface area contributed by atoms with E-state index in [4.69, 9.17) is 9.47 Å². The normalized spacial score (nSPS) is 14.8. The fourth-order valence-corrected chi connectivity index (χ4v) is 4.15. The predicted octanol–water partition coefficient (Wildman–Crippen LogP) is 5.18. The maximum absolute atomic E-state index is 13.5. The SMILES string of the molecule is O=C(C1COc2ccccc2O1)N(Cc1nccs1)c1ccc(-c2ccccc2)cc1. The van der Waals surface area contributed by atoms with Gasteiger partial charge in [0.05, 0.1) is 6.54 Å². The molecule has 5 rings (SSSR count). The number of hydrogen-bond acceptors (Lipinski definition) is 5. The van der Waals surface area contributed by atoms with Crippen molar-refractivity contribution in [1.29, 1.82) is 0 Å². The smallest absolute Gasteiger partial charge is 0.272 e. The summed E-state index contributed by atoms with van der Waals surface area (Å²) in [4.78, 5) is 19.6. The molecule has 1 aliphatic rings. The van der Waals surface area contributed by atoms with Crippen molar-refractivity contribution < 1.29 is 14.3 Å². The van der Waals surface area contributed by atoms with Gasteiger partial charge in [0.25, 0.3) is 5.91 Å². The molecule has 2 heterocycles. The van der Waals surface area contributed by atoms with Gasteiger partial charge in [0.2, 0.25) is 6.10 Å². The van der Waals surface area contributed by atoms with Gasteiger partial charge in [0, 0.05) is 17.3 Å². The standard InChI is InChI=1S/C25H20N2O3S/c28-25(23-17-29-21-8-4-5-9-22(21)30-23)27(16-24-26-14-15-31-24)20-12-10-19(11-13-20)18-6-2-1-3-7-18/h1-15,23H,16-17H2. The zero-order valence-corrected chi connectivity index (χ0v) is 17.5. The van der Waals surface area contributed by atoms with E-state index in [9.17, 15) is 4.79 Å². The minimum atomic E-state index is -0.719. The fourth-order valence-electron chi connectivity index (χ4n) is 3.54. The van der Waals surface area contributed by atoms with Crippen LogP contribution in [0.25, 0.3) is 11.1 Å². The minimum absolute atomic E-state index is 0.155. The van der Waals surface area contributed by atoms with Crippen LogP contribution < -0.4 is 14.4 Å². The summed E-state index contributed by atoms with van der Waals surface area (Å²) in [5.41, 5.74) is 3.02. The van der Waals surface area contributed by atoms with E-state index in [0.717, 1.165) is 21.8 Å². The lowest BCUT2D eigenvalue weighted by atomic mass is 10.1. The number of carbonyl (C=O) groups excluding carboxylic acids is 1. The van der Waals surface area contributed by atoms with Crippen LogP contribution in [0.3, 0.4) is 0 Å². The first-order valence-corrected chi connectivity index (χ1v) is 10.9. The molecular formula is C25H20N2O3S. The summed E-state index contributed by atoms with van der Waals surface area (Å²) < 4.78 is 11.7. The molecule has 0 spiro atoms. The lowest BCUT2D eigenvalue weighted by molar-refractivity contribution is -0.127. The van der Waals surface area contributed by atoms with Crippen LogP contribution in [-0.2, 0) is 11.3 Å². The zero-order valence-electron chi connectivity index (χ0n) is 16.7. The lowest BCUT2D eigenvalue weighted by Gasteiger charge is -2.30. The van der Waals surface area contributed by atoms with Crippen LogP contribution in [0, 0.1) is 0 Å². The Morgan fingerprint density at radius 1 is 0.935 bits per heavy atom. The van der Waals surface area contributed by atoms with E-state index in [1.54, 1.807) is 11.1 Å². The Bertz CT molecular complexity index is 1160. The first-order chi connectivity index (χ1) is 15.3. The van der Waals surface area contributed by atoms with Gasteiger partial charge < -0.3 is 14.4 Å². The Balaban J connectivity index is 1.42. The number of benzene rings is 3. The number of nitrogens with zero attached hydrogens (tertiary/aromatic N) is 2. The van der Waals surface area contributed by atoms with Crippen molar-refractivity contribution in [1.82, 2.24) is 4.98 Å². The molecule has 6 heteroatoms. The second-order valence-electron chi connectivity index (χ2n) is 7.13. The Morgan fingerprint density at radius 2 is 1.65 bits per heavy atom. The number of thiazole rings is 1. The van der Waals surface area contributed by atoms with Crippen molar-refractivity contribution in [2.75, 3.05) is 11.5 Å². The summed E-state index contributed by atoms with van der Waals surface area (Å²) in [6.45, 7) is 0.551. The molecular weight excluding hydrogens is 408 g/mol. The summed E-state index contributed by atoms with van der Waals surface area (Å²) >= 11 is 1.52. The van der Waals surface area contributed by atoms with Crippen molar-refractivity contribution >= 4 is 22.9 Å². The Morgan fingerprint density at radius 3 is 2.39 bits per heavy atom. The quantitative estimate of drug-likeness (QED) is 0.439. The number of carbonyl (C=O) groups is 1. The Labute approximate surface area is 184 Å². The first-order valence-electron chi connectivity index (χ1n) is 10.0. The third kappa shape index (κ3) is 4.15. The van der Waals surface area contributed by atoms with Crippen molar-refractivity contribution in [2.24, 2.45) is 0 Å². The van der Waals surface area contributed by atoms with Gasteiger partial charge in [0.1, 0.15) is 11.6 Å². The van der Waals surface area contributed by atoms with Crippen LogP contribution in [0.5, 0.6) is 11.5 Å². The maximum Gasteiger partial charge on any atom is 0.272 e. The van der Waals surface area contributed by atoms with Crippen LogP contribution in [0.2, 0.25) is 0 Å². The van der Waals surface area contributed by atoms with Gasteiger partial charge >= 0.3 is 0 Å². The molecule has 1 aromatic heterocycles. The van der Waals surface area contributed by atoms with Crippen molar-refractivity contribution in [3.63, 3.8) is 0 Å². The molecule has 1 atom stereocenters. The average Bonchev–Trinajstić information content (AvgIpc) is 3.36. The molecule has 0 saturated heterocycles. The van der Waals surface area contributed by atoms with E-state index in [0.29, 0.717) is 18.0 Å². The predicted molar refractivity (Wildman–Crippen MR) is 122 cm³/mol. The number of rotatable bonds is 5. The van der Waals surface area contributed by atoms with Crippen molar-refractivity contribution in [2.45, 2.75) is 12.6 Å². The van der Waals surface area contributed by atoms with Gasteiger partial charge in [-0.3, -0.25) is 4.79 Å². The van der Waals surface area contributed by atoms with Gasteiger partial charge in [0.15, 0.2) is 11.5 Å². The molecule has 1 amide bonds. The molecule has 0 fully saturated rings. The van der Waals surface area contributed by atoms with Gasteiger partial charge in [-0.1, -0.05) is 54.6 Å². The number of anilines is 1. The monoisotopic (exact) mass is 428 g/mol. The van der Waals surface area contributed by atoms with E-state index in [2.05, 4.69) is 17.1 Å². The third-order valence-corrected chi connectivity index (χ3v) is 5.88. The molecule has 0 N–H and O–H groups in total. The molecule has 1 aliphatic heterocycles. The van der Waals surface area contributed by atoms with Crippen LogP contribution >= 0.6 is 11.3 Å². The van der Waals surface area contributed by atoms with Gasteiger partial charge in [-0.25, -0.2) is 4.98 Å². The fraction of sp³-hybridized carbons (Fsp3) is 0.120. The van der Waals surface area contributed by atoms with Crippen LogP contribution in [0.1, 0.15) is 5.01 Å². The highest BCUT2D eigenvalue weighted by Gasteiger charge is 2.32. The van der Waals surface area contributed by atoms with E-state index >= 15 is 0 Å². The highest BCUT2D eigenvalue weighted by atomic mass is 32.1. The number of fused-ring (bicyclic) bond motifs is 1. The van der Waals surface area contributed by atoms with Crippen molar-refractivity contribution in [3.05, 3.63) is 95.4 Å². The first kappa shape index (κ1) is 19.3. The Kier molecular flexibility index (Phi) is 5.37. The molecule has 0 aliphatic carbocycles. The molecule has 154 valence electrons. The van der Waals surface area contributed by atoms with Gasteiger partial charge in [-0.05, 0) is 35.4 Å². The Hall–Kier alpha value is -3.64. The summed E-state index contributed by atoms with van der Waals surface area (Å²) in [5, 5.41) is 2.77. The lowest BCUT2D eigenvalue weighted by Crippen LogP contribution is -2.46. The number of ether oxygens (including phenoxy) is 2. The second kappa shape index (κ2) is 8.62. The molecule has 5 nitrogen and oxygen atoms in total. The zero-order chi connectivity index (χ0) is 21.0. The van der Waals surface area contributed by atoms with Gasteiger partial charge in [-0.2, -0.15) is 0 Å². The number of amides is 1. The van der Waals surface area contributed by atoms with Crippen LogP contribution in [-0.4, -0.2) is 23.6 Å². The summed E-state index contributed by atoms with van der Waals surface area (Å²) in [6, 6.07) is 25.5. The molecule has 0 bridgehead atoms.